The smallest absolute Gasteiger partial charge is 0.137 e. The lowest BCUT2D eigenvalue weighted by molar-refractivity contribution is -0.118. The Bertz CT molecular complexity index is 413. The number of fused-ring (bicyclic) bond motifs is 1. The Labute approximate surface area is 101 Å². The maximum atomic E-state index is 11.6. The van der Waals surface area contributed by atoms with Gasteiger partial charge in [-0.05, 0) is 24.1 Å². The number of hydrogen-bond acceptors (Lipinski definition) is 2. The molecule has 0 aromatic heterocycles. The Balaban J connectivity index is 2.23. The lowest BCUT2D eigenvalue weighted by Crippen LogP contribution is -2.03. The van der Waals surface area contributed by atoms with Crippen molar-refractivity contribution in [3.05, 3.63) is 28.3 Å². The number of halogens is 1. The monoisotopic (exact) mass is 238 g/mol. The van der Waals surface area contributed by atoms with Crippen LogP contribution in [0.25, 0.3) is 0 Å². The van der Waals surface area contributed by atoms with Gasteiger partial charge in [-0.3, -0.25) is 4.79 Å². The predicted octanol–water partition coefficient (Wildman–Crippen LogP) is 3.19. The Morgan fingerprint density at radius 1 is 1.50 bits per heavy atom. The second-order valence-electron chi connectivity index (χ2n) is 4.12. The van der Waals surface area contributed by atoms with Crippen LogP contribution in [0.3, 0.4) is 0 Å². The fraction of sp³-hybridized carbons (Fsp3) is 0.462. The molecule has 86 valence electrons. The van der Waals surface area contributed by atoms with Gasteiger partial charge in [-0.15, -0.1) is 0 Å². The Morgan fingerprint density at radius 2 is 2.31 bits per heavy atom. The standard InChI is InChI=1S/C13H15ClO2/c1-2-3-12(15)8-10-7-11(14)6-9-4-5-16-13(9)10/h6-7H,2-5,8H2,1H3. The molecule has 0 atom stereocenters. The van der Waals surface area contributed by atoms with E-state index in [1.54, 1.807) is 0 Å². The van der Waals surface area contributed by atoms with Crippen LogP contribution in [0.1, 0.15) is 30.9 Å². The van der Waals surface area contributed by atoms with Gasteiger partial charge in [0.25, 0.3) is 0 Å². The second kappa shape index (κ2) is 4.88. The molecule has 1 aromatic carbocycles. The number of rotatable bonds is 4. The van der Waals surface area contributed by atoms with E-state index < -0.39 is 0 Å². The number of ether oxygens (including phenoxy) is 1. The molecule has 3 heteroatoms. The number of benzene rings is 1. The minimum atomic E-state index is 0.252. The lowest BCUT2D eigenvalue weighted by Gasteiger charge is -2.08. The molecule has 2 rings (SSSR count). The topological polar surface area (TPSA) is 26.3 Å². The van der Waals surface area contributed by atoms with Crippen molar-refractivity contribution in [2.75, 3.05) is 6.61 Å². The first kappa shape index (κ1) is 11.5. The number of ketones is 1. The zero-order valence-electron chi connectivity index (χ0n) is 9.38. The van der Waals surface area contributed by atoms with Crippen LogP contribution in [-0.2, 0) is 17.6 Å². The number of hydrogen-bond donors (Lipinski definition) is 0. The van der Waals surface area contributed by atoms with Gasteiger partial charge in [-0.25, -0.2) is 0 Å². The molecule has 0 spiro atoms. The molecular formula is C13H15ClO2. The Morgan fingerprint density at radius 3 is 3.06 bits per heavy atom. The summed E-state index contributed by atoms with van der Waals surface area (Å²) in [5, 5.41) is 0.698. The van der Waals surface area contributed by atoms with Crippen molar-refractivity contribution in [2.45, 2.75) is 32.6 Å². The first-order valence-electron chi connectivity index (χ1n) is 5.66. The number of Topliss-reactive ketones (excluding diaryl/α,β-unsaturated/α-hetero) is 1. The van der Waals surface area contributed by atoms with Crippen LogP contribution in [-0.4, -0.2) is 12.4 Å². The third-order valence-electron chi connectivity index (χ3n) is 2.74. The Hall–Kier alpha value is -1.02. The first-order chi connectivity index (χ1) is 7.70. The minimum absolute atomic E-state index is 0.252. The van der Waals surface area contributed by atoms with Gasteiger partial charge in [0.15, 0.2) is 0 Å². The number of carbonyl (C=O) groups is 1. The summed E-state index contributed by atoms with van der Waals surface area (Å²) in [4.78, 5) is 11.6. The normalized spacial score (nSPS) is 13.4. The molecular weight excluding hydrogens is 224 g/mol. The fourth-order valence-electron chi connectivity index (χ4n) is 2.06. The summed E-state index contributed by atoms with van der Waals surface area (Å²) >= 11 is 6.02. The van der Waals surface area contributed by atoms with Crippen molar-refractivity contribution < 1.29 is 9.53 Å². The predicted molar refractivity (Wildman–Crippen MR) is 64.3 cm³/mol. The highest BCUT2D eigenvalue weighted by molar-refractivity contribution is 6.30. The Kier molecular flexibility index (Phi) is 3.49. The molecule has 1 aliphatic heterocycles. The molecule has 0 radical (unpaired) electrons. The van der Waals surface area contributed by atoms with Crippen LogP contribution in [0.4, 0.5) is 0 Å². The average Bonchev–Trinajstić information content (AvgIpc) is 2.65. The molecule has 0 saturated carbocycles. The lowest BCUT2D eigenvalue weighted by atomic mass is 10.0. The van der Waals surface area contributed by atoms with E-state index in [0.29, 0.717) is 24.5 Å². The van der Waals surface area contributed by atoms with Gasteiger partial charge < -0.3 is 4.74 Å². The maximum absolute atomic E-state index is 11.6. The summed E-state index contributed by atoms with van der Waals surface area (Å²) in [7, 11) is 0. The van der Waals surface area contributed by atoms with Crippen LogP contribution in [0.2, 0.25) is 5.02 Å². The van der Waals surface area contributed by atoms with Crippen LogP contribution in [0.15, 0.2) is 12.1 Å². The summed E-state index contributed by atoms with van der Waals surface area (Å²) < 4.78 is 5.55. The van der Waals surface area contributed by atoms with Crippen LogP contribution in [0, 0.1) is 0 Å². The van der Waals surface area contributed by atoms with Crippen LogP contribution < -0.4 is 4.74 Å². The molecule has 0 amide bonds. The van der Waals surface area contributed by atoms with E-state index >= 15 is 0 Å². The van der Waals surface area contributed by atoms with Crippen LogP contribution in [0.5, 0.6) is 5.75 Å². The zero-order chi connectivity index (χ0) is 11.5. The van der Waals surface area contributed by atoms with E-state index in [9.17, 15) is 4.79 Å². The molecule has 0 aliphatic carbocycles. The van der Waals surface area contributed by atoms with E-state index in [1.165, 1.54) is 0 Å². The molecule has 2 nitrogen and oxygen atoms in total. The highest BCUT2D eigenvalue weighted by Crippen LogP contribution is 2.33. The van der Waals surface area contributed by atoms with Crippen molar-refractivity contribution >= 4 is 17.4 Å². The molecule has 0 fully saturated rings. The van der Waals surface area contributed by atoms with Gasteiger partial charge in [0.05, 0.1) is 6.61 Å². The highest BCUT2D eigenvalue weighted by atomic mass is 35.5. The summed E-state index contributed by atoms with van der Waals surface area (Å²) in [5.74, 6) is 1.14. The highest BCUT2D eigenvalue weighted by Gasteiger charge is 2.18. The van der Waals surface area contributed by atoms with Crippen LogP contribution >= 0.6 is 11.6 Å². The summed E-state index contributed by atoms with van der Waals surface area (Å²) in [5.41, 5.74) is 2.07. The van der Waals surface area contributed by atoms with Gasteiger partial charge in [-0.1, -0.05) is 18.5 Å². The molecule has 1 aliphatic rings. The first-order valence-corrected chi connectivity index (χ1v) is 6.04. The van der Waals surface area contributed by atoms with Crippen molar-refractivity contribution in [2.24, 2.45) is 0 Å². The molecule has 16 heavy (non-hydrogen) atoms. The fourth-order valence-corrected chi connectivity index (χ4v) is 2.32. The van der Waals surface area contributed by atoms with Gasteiger partial charge in [0.2, 0.25) is 0 Å². The van der Waals surface area contributed by atoms with E-state index in [0.717, 1.165) is 29.7 Å². The van der Waals surface area contributed by atoms with Crippen molar-refractivity contribution in [3.63, 3.8) is 0 Å². The van der Waals surface area contributed by atoms with Gasteiger partial charge in [0, 0.05) is 29.8 Å². The van der Waals surface area contributed by atoms with Gasteiger partial charge in [-0.2, -0.15) is 0 Å². The summed E-state index contributed by atoms with van der Waals surface area (Å²) in [6.07, 6.45) is 2.85. The molecule has 0 saturated heterocycles. The third kappa shape index (κ3) is 2.38. The summed E-state index contributed by atoms with van der Waals surface area (Å²) in [6.45, 7) is 2.71. The quantitative estimate of drug-likeness (QED) is 0.805. The van der Waals surface area contributed by atoms with E-state index in [4.69, 9.17) is 16.3 Å². The summed E-state index contributed by atoms with van der Waals surface area (Å²) in [6, 6.07) is 3.77. The van der Waals surface area contributed by atoms with E-state index in [2.05, 4.69) is 0 Å². The van der Waals surface area contributed by atoms with Crippen molar-refractivity contribution in [3.8, 4) is 5.75 Å². The third-order valence-corrected chi connectivity index (χ3v) is 2.96. The molecule has 0 unspecified atom stereocenters. The van der Waals surface area contributed by atoms with Gasteiger partial charge >= 0.3 is 0 Å². The zero-order valence-corrected chi connectivity index (χ0v) is 10.1. The largest absolute Gasteiger partial charge is 0.493 e. The van der Waals surface area contributed by atoms with Gasteiger partial charge in [0.1, 0.15) is 11.5 Å². The maximum Gasteiger partial charge on any atom is 0.137 e. The molecule has 0 bridgehead atoms. The number of carbonyl (C=O) groups excluding carboxylic acids is 1. The molecule has 1 heterocycles. The van der Waals surface area contributed by atoms with E-state index in [-0.39, 0.29) is 5.78 Å². The molecule has 0 N–H and O–H groups in total. The molecule has 1 aromatic rings. The van der Waals surface area contributed by atoms with E-state index in [1.807, 2.05) is 19.1 Å². The second-order valence-corrected chi connectivity index (χ2v) is 4.55. The SMILES string of the molecule is CCCC(=O)Cc1cc(Cl)cc2c1OCC2. The minimum Gasteiger partial charge on any atom is -0.493 e. The van der Waals surface area contributed by atoms with Crippen molar-refractivity contribution in [1.82, 2.24) is 0 Å². The average molecular weight is 239 g/mol. The van der Waals surface area contributed by atoms with Crippen molar-refractivity contribution in [1.29, 1.82) is 0 Å².